The Balaban J connectivity index is 0.000000282. The summed E-state index contributed by atoms with van der Waals surface area (Å²) in [5.74, 6) is -1.48. The van der Waals surface area contributed by atoms with E-state index in [1.807, 2.05) is 0 Å². The number of aromatic carboxylic acids is 1. The van der Waals surface area contributed by atoms with Crippen molar-refractivity contribution in [2.75, 3.05) is 6.54 Å². The SMILES string of the molecule is CCCCCCCCCCN.O=C(O)c1cc(-c2ccncc2)[nH]c1-c1cccc(F)c1. The lowest BCUT2D eigenvalue weighted by Gasteiger charge is -2.01. The molecular formula is C26H34FN3O2. The van der Waals surface area contributed by atoms with E-state index in [1.54, 1.807) is 36.7 Å². The zero-order valence-electron chi connectivity index (χ0n) is 18.8. The molecule has 6 heteroatoms. The van der Waals surface area contributed by atoms with Crippen LogP contribution in [0.3, 0.4) is 0 Å². The number of H-pyrrole nitrogens is 1. The summed E-state index contributed by atoms with van der Waals surface area (Å²) in [5.41, 5.74) is 7.83. The van der Waals surface area contributed by atoms with Crippen LogP contribution in [0.15, 0.2) is 54.9 Å². The standard InChI is InChI=1S/C16H11FN2O2.C10H23N/c17-12-3-1-2-11(8-12)15-13(16(20)21)9-14(19-15)10-4-6-18-7-5-10;1-2-3-4-5-6-7-8-9-10-11/h1-9,19H,(H,20,21);2-11H2,1H3. The number of rotatable bonds is 11. The van der Waals surface area contributed by atoms with E-state index in [1.165, 1.54) is 69.6 Å². The van der Waals surface area contributed by atoms with Gasteiger partial charge in [0, 0.05) is 29.2 Å². The summed E-state index contributed by atoms with van der Waals surface area (Å²) in [7, 11) is 0. The van der Waals surface area contributed by atoms with Gasteiger partial charge in [0.15, 0.2) is 0 Å². The van der Waals surface area contributed by atoms with Crippen LogP contribution in [0.5, 0.6) is 0 Å². The van der Waals surface area contributed by atoms with Crippen LogP contribution in [0, 0.1) is 5.82 Å². The first-order valence-electron chi connectivity index (χ1n) is 11.4. The molecule has 0 aliphatic rings. The number of carboxylic acids is 1. The van der Waals surface area contributed by atoms with Crippen LogP contribution in [0.25, 0.3) is 22.5 Å². The number of nitrogens with one attached hydrogen (secondary N) is 1. The van der Waals surface area contributed by atoms with Gasteiger partial charge in [-0.25, -0.2) is 9.18 Å². The average molecular weight is 440 g/mol. The van der Waals surface area contributed by atoms with Crippen LogP contribution < -0.4 is 5.73 Å². The number of pyridine rings is 1. The normalized spacial score (nSPS) is 10.5. The number of hydrogen-bond acceptors (Lipinski definition) is 3. The minimum atomic E-state index is -1.06. The van der Waals surface area contributed by atoms with Crippen molar-refractivity contribution in [1.82, 2.24) is 9.97 Å². The van der Waals surface area contributed by atoms with Gasteiger partial charge in [-0.2, -0.15) is 0 Å². The summed E-state index contributed by atoms with van der Waals surface area (Å²) in [4.78, 5) is 18.4. The first-order chi connectivity index (χ1) is 15.6. The molecule has 32 heavy (non-hydrogen) atoms. The van der Waals surface area contributed by atoms with Gasteiger partial charge < -0.3 is 15.8 Å². The summed E-state index contributed by atoms with van der Waals surface area (Å²) in [6.45, 7) is 3.13. The average Bonchev–Trinajstić information content (AvgIpc) is 3.26. The van der Waals surface area contributed by atoms with E-state index in [-0.39, 0.29) is 5.56 Å². The van der Waals surface area contributed by atoms with Crippen molar-refractivity contribution in [2.24, 2.45) is 5.73 Å². The van der Waals surface area contributed by atoms with Crippen molar-refractivity contribution >= 4 is 5.97 Å². The quantitative estimate of drug-likeness (QED) is 0.291. The molecule has 0 atom stereocenters. The Morgan fingerprint density at radius 1 is 0.969 bits per heavy atom. The van der Waals surface area contributed by atoms with Gasteiger partial charge in [-0.05, 0) is 43.3 Å². The maximum atomic E-state index is 13.3. The van der Waals surface area contributed by atoms with Gasteiger partial charge in [0.05, 0.1) is 11.3 Å². The number of aromatic nitrogens is 2. The molecule has 3 aromatic rings. The van der Waals surface area contributed by atoms with Crippen LogP contribution in [0.2, 0.25) is 0 Å². The van der Waals surface area contributed by atoms with Crippen molar-refractivity contribution in [3.8, 4) is 22.5 Å². The number of hydrogen-bond donors (Lipinski definition) is 3. The van der Waals surface area contributed by atoms with Crippen molar-refractivity contribution in [3.05, 3.63) is 66.2 Å². The highest BCUT2D eigenvalue weighted by atomic mass is 19.1. The summed E-state index contributed by atoms with van der Waals surface area (Å²) in [5, 5.41) is 9.33. The smallest absolute Gasteiger partial charge is 0.337 e. The lowest BCUT2D eigenvalue weighted by Crippen LogP contribution is -1.97. The Bertz CT molecular complexity index is 933. The monoisotopic (exact) mass is 439 g/mol. The third kappa shape index (κ3) is 8.27. The van der Waals surface area contributed by atoms with Crippen molar-refractivity contribution < 1.29 is 14.3 Å². The minimum Gasteiger partial charge on any atom is -0.478 e. The molecule has 172 valence electrons. The summed E-state index contributed by atoms with van der Waals surface area (Å²) in [6.07, 6.45) is 14.2. The van der Waals surface area contributed by atoms with Crippen molar-refractivity contribution in [2.45, 2.75) is 58.3 Å². The molecule has 0 spiro atoms. The van der Waals surface area contributed by atoms with E-state index >= 15 is 0 Å². The van der Waals surface area contributed by atoms with Gasteiger partial charge in [0.2, 0.25) is 0 Å². The number of benzene rings is 1. The second-order valence-electron chi connectivity index (χ2n) is 7.79. The lowest BCUT2D eigenvalue weighted by atomic mass is 10.1. The zero-order chi connectivity index (χ0) is 23.2. The molecule has 0 bridgehead atoms. The minimum absolute atomic E-state index is 0.104. The highest BCUT2D eigenvalue weighted by molar-refractivity contribution is 5.97. The molecule has 0 unspecified atom stereocenters. The van der Waals surface area contributed by atoms with Gasteiger partial charge >= 0.3 is 5.97 Å². The molecule has 0 amide bonds. The third-order valence-corrected chi connectivity index (χ3v) is 5.21. The van der Waals surface area contributed by atoms with Crippen LogP contribution in [0.4, 0.5) is 4.39 Å². The van der Waals surface area contributed by atoms with Crippen LogP contribution in [0.1, 0.15) is 68.6 Å². The Labute approximate surface area is 189 Å². The third-order valence-electron chi connectivity index (χ3n) is 5.21. The Hall–Kier alpha value is -2.99. The predicted molar refractivity (Wildman–Crippen MR) is 128 cm³/mol. The number of carboxylic acid groups (broad SMARTS) is 1. The molecule has 4 N–H and O–H groups in total. The molecule has 2 aromatic heterocycles. The fourth-order valence-corrected chi connectivity index (χ4v) is 3.46. The zero-order valence-corrected chi connectivity index (χ0v) is 18.8. The molecule has 5 nitrogen and oxygen atoms in total. The van der Waals surface area contributed by atoms with Crippen LogP contribution >= 0.6 is 0 Å². The fraction of sp³-hybridized carbons (Fsp3) is 0.385. The van der Waals surface area contributed by atoms with Crippen molar-refractivity contribution in [3.63, 3.8) is 0 Å². The number of aromatic amines is 1. The molecule has 0 aliphatic carbocycles. The molecule has 3 rings (SSSR count). The summed E-state index contributed by atoms with van der Waals surface area (Å²) in [6, 6.07) is 10.9. The van der Waals surface area contributed by atoms with E-state index in [0.717, 1.165) is 12.1 Å². The molecule has 0 aliphatic heterocycles. The topological polar surface area (TPSA) is 92.0 Å². The number of nitrogens with two attached hydrogens (primary N) is 1. The van der Waals surface area contributed by atoms with Gasteiger partial charge in [-0.3, -0.25) is 4.98 Å². The summed E-state index contributed by atoms with van der Waals surface area (Å²) >= 11 is 0. The number of nitrogens with zero attached hydrogens (tertiary/aromatic N) is 1. The van der Waals surface area contributed by atoms with Gasteiger partial charge in [0.25, 0.3) is 0 Å². The maximum Gasteiger partial charge on any atom is 0.337 e. The Kier molecular flexibility index (Phi) is 11.2. The van der Waals surface area contributed by atoms with Gasteiger partial charge in [0.1, 0.15) is 5.82 Å². The predicted octanol–water partition coefficient (Wildman–Crippen LogP) is 6.67. The largest absolute Gasteiger partial charge is 0.478 e. The Morgan fingerprint density at radius 3 is 2.22 bits per heavy atom. The van der Waals surface area contributed by atoms with E-state index in [9.17, 15) is 14.3 Å². The Morgan fingerprint density at radius 2 is 1.62 bits per heavy atom. The molecular weight excluding hydrogens is 405 g/mol. The highest BCUT2D eigenvalue weighted by Gasteiger charge is 2.17. The first-order valence-corrected chi connectivity index (χ1v) is 11.4. The maximum absolute atomic E-state index is 13.3. The molecule has 0 saturated carbocycles. The van der Waals surface area contributed by atoms with E-state index in [4.69, 9.17) is 5.73 Å². The molecule has 1 aromatic carbocycles. The molecule has 2 heterocycles. The van der Waals surface area contributed by atoms with E-state index in [2.05, 4.69) is 16.9 Å². The first kappa shape index (κ1) is 25.3. The molecule has 0 saturated heterocycles. The highest BCUT2D eigenvalue weighted by Crippen LogP contribution is 2.29. The summed E-state index contributed by atoms with van der Waals surface area (Å²) < 4.78 is 13.3. The number of halogens is 1. The van der Waals surface area contributed by atoms with Gasteiger partial charge in [-0.1, -0.05) is 64.0 Å². The fourth-order valence-electron chi connectivity index (χ4n) is 3.46. The second kappa shape index (κ2) is 14.1. The van der Waals surface area contributed by atoms with Gasteiger partial charge in [-0.15, -0.1) is 0 Å². The number of carbonyl (C=O) groups is 1. The second-order valence-corrected chi connectivity index (χ2v) is 7.79. The van der Waals surface area contributed by atoms with E-state index < -0.39 is 11.8 Å². The van der Waals surface area contributed by atoms with Crippen LogP contribution in [-0.4, -0.2) is 27.6 Å². The van der Waals surface area contributed by atoms with Crippen LogP contribution in [-0.2, 0) is 0 Å². The lowest BCUT2D eigenvalue weighted by molar-refractivity contribution is 0.0698. The molecule has 0 radical (unpaired) electrons. The number of unbranched alkanes of at least 4 members (excludes halogenated alkanes) is 7. The van der Waals surface area contributed by atoms with E-state index in [0.29, 0.717) is 17.0 Å². The molecule has 0 fully saturated rings. The van der Waals surface area contributed by atoms with Crippen molar-refractivity contribution in [1.29, 1.82) is 0 Å².